The number of benzene rings is 3. The van der Waals surface area contributed by atoms with Crippen molar-refractivity contribution in [1.82, 2.24) is 35.0 Å². The van der Waals surface area contributed by atoms with Crippen molar-refractivity contribution in [2.75, 3.05) is 75.8 Å². The molecular weight excluding hydrogens is 857 g/mol. The molecule has 16 heteroatoms. The molecule has 5 fully saturated rings. The van der Waals surface area contributed by atoms with Gasteiger partial charge in [-0.3, -0.25) is 29.6 Å². The molecule has 2 saturated carbocycles. The summed E-state index contributed by atoms with van der Waals surface area (Å²) in [5.74, 6) is -0.454. The van der Waals surface area contributed by atoms with Gasteiger partial charge in [0, 0.05) is 94.1 Å². The highest BCUT2D eigenvalue weighted by Gasteiger charge is 2.46. The Bertz CT molecular complexity index is 2790. The predicted octanol–water partition coefficient (Wildman–Crippen LogP) is 6.25. The van der Waals surface area contributed by atoms with Gasteiger partial charge in [-0.2, -0.15) is 9.97 Å². The van der Waals surface area contributed by atoms with E-state index in [2.05, 4.69) is 36.1 Å². The van der Waals surface area contributed by atoms with Crippen LogP contribution < -0.4 is 19.9 Å². The van der Waals surface area contributed by atoms with Crippen LogP contribution >= 0.6 is 0 Å². The minimum Gasteiger partial charge on any atom is -0.508 e. The molecule has 2 N–H and O–H groups in total. The van der Waals surface area contributed by atoms with E-state index in [0.29, 0.717) is 60.7 Å². The van der Waals surface area contributed by atoms with E-state index in [1.54, 1.807) is 35.2 Å². The average molecular weight is 914 g/mol. The number of alkyl halides is 1. The fourth-order valence-corrected chi connectivity index (χ4v) is 11.1. The Morgan fingerprint density at radius 3 is 2.48 bits per heavy atom. The van der Waals surface area contributed by atoms with E-state index in [4.69, 9.17) is 9.72 Å². The minimum absolute atomic E-state index is 0.0125. The number of rotatable bonds is 13. The van der Waals surface area contributed by atoms with Crippen LogP contribution in [-0.4, -0.2) is 137 Å². The number of nitrogens with zero attached hydrogens (tertiary/aromatic N) is 8. The number of piperidine rings is 2. The third kappa shape index (κ3) is 8.40. The lowest BCUT2D eigenvalue weighted by Crippen LogP contribution is -2.52. The number of piperazine rings is 1. The van der Waals surface area contributed by atoms with Crippen molar-refractivity contribution < 1.29 is 33.0 Å². The highest BCUT2D eigenvalue weighted by molar-refractivity contribution is 6.06. The molecule has 0 spiro atoms. The van der Waals surface area contributed by atoms with Gasteiger partial charge in [0.25, 0.3) is 5.91 Å². The highest BCUT2D eigenvalue weighted by Crippen LogP contribution is 2.47. The summed E-state index contributed by atoms with van der Waals surface area (Å²) >= 11 is 0. The van der Waals surface area contributed by atoms with E-state index < -0.39 is 23.9 Å². The maximum Gasteiger partial charge on any atom is 0.319 e. The Hall–Kier alpha value is -6.00. The van der Waals surface area contributed by atoms with Crippen LogP contribution in [0.3, 0.4) is 0 Å². The summed E-state index contributed by atoms with van der Waals surface area (Å²) in [7, 11) is 1.77. The van der Waals surface area contributed by atoms with E-state index in [-0.39, 0.29) is 52.7 Å². The Morgan fingerprint density at radius 1 is 0.955 bits per heavy atom. The molecule has 3 amide bonds. The van der Waals surface area contributed by atoms with Gasteiger partial charge in [0.1, 0.15) is 35.0 Å². The Morgan fingerprint density at radius 2 is 1.75 bits per heavy atom. The molecule has 3 aromatic carbocycles. The molecule has 3 atom stereocenters. The number of anilines is 2. The molecule has 0 bridgehead atoms. The quantitative estimate of drug-likeness (QED) is 0.129. The molecular formula is C51H57F2N9O5. The first kappa shape index (κ1) is 43.6. The number of hydrogen-bond donors (Lipinski definition) is 2. The molecule has 11 rings (SSSR count). The summed E-state index contributed by atoms with van der Waals surface area (Å²) in [5, 5.41) is 15.1. The third-order valence-corrected chi connectivity index (χ3v) is 15.3. The van der Waals surface area contributed by atoms with Gasteiger partial charge in [0.15, 0.2) is 5.82 Å². The number of amides is 3. The minimum atomic E-state index is -0.994. The first-order chi connectivity index (χ1) is 32.4. The predicted molar refractivity (Wildman–Crippen MR) is 250 cm³/mol. The smallest absolute Gasteiger partial charge is 0.319 e. The largest absolute Gasteiger partial charge is 0.508 e. The second-order valence-electron chi connectivity index (χ2n) is 19.8. The molecule has 6 heterocycles. The zero-order valence-corrected chi connectivity index (χ0v) is 38.1. The van der Waals surface area contributed by atoms with Crippen molar-refractivity contribution in [3.8, 4) is 23.0 Å². The fraction of sp³-hybridized carbons (Fsp3) is 0.490. The zero-order valence-electron chi connectivity index (χ0n) is 38.1. The lowest BCUT2D eigenvalue weighted by molar-refractivity contribution is -0.136. The Balaban J connectivity index is 0.705. The number of imide groups is 1. The summed E-state index contributed by atoms with van der Waals surface area (Å²) in [4.78, 5) is 62.3. The van der Waals surface area contributed by atoms with Crippen molar-refractivity contribution in [3.63, 3.8) is 0 Å². The first-order valence-electron chi connectivity index (χ1n) is 24.0. The molecule has 3 saturated heterocycles. The topological polar surface area (TPSA) is 148 Å². The highest BCUT2D eigenvalue weighted by atomic mass is 19.1. The third-order valence-electron chi connectivity index (χ3n) is 15.3. The van der Waals surface area contributed by atoms with Crippen LogP contribution in [0.2, 0.25) is 0 Å². The Labute approximate surface area is 388 Å². The average Bonchev–Trinajstić information content (AvgIpc) is 4.25. The summed E-state index contributed by atoms with van der Waals surface area (Å²) in [6, 6.07) is 14.1. The number of halogens is 2. The van der Waals surface area contributed by atoms with Gasteiger partial charge in [0.2, 0.25) is 11.8 Å². The van der Waals surface area contributed by atoms with Gasteiger partial charge >= 0.3 is 6.01 Å². The number of fused-ring (bicyclic) bond motifs is 3. The molecule has 67 heavy (non-hydrogen) atoms. The van der Waals surface area contributed by atoms with Crippen LogP contribution in [0.15, 0.2) is 54.7 Å². The van der Waals surface area contributed by atoms with Gasteiger partial charge < -0.3 is 29.4 Å². The number of pyridine rings is 1. The van der Waals surface area contributed by atoms with Crippen molar-refractivity contribution in [2.24, 2.45) is 11.3 Å². The maximum atomic E-state index is 16.9. The normalized spacial score (nSPS) is 23.2. The monoisotopic (exact) mass is 913 g/mol. The lowest BCUT2D eigenvalue weighted by atomic mass is 9.94. The van der Waals surface area contributed by atoms with E-state index in [0.717, 1.165) is 106 Å². The molecule has 350 valence electrons. The van der Waals surface area contributed by atoms with Gasteiger partial charge in [-0.25, -0.2) is 8.78 Å². The van der Waals surface area contributed by atoms with E-state index >= 15 is 4.39 Å². The molecule has 2 aromatic heterocycles. The molecule has 0 radical (unpaired) electrons. The number of aromatic hydroxyl groups is 1. The van der Waals surface area contributed by atoms with E-state index in [9.17, 15) is 23.9 Å². The number of likely N-dealkylation sites (tertiary alicyclic amines) is 1. The number of nitrogens with one attached hydrogen (secondary N) is 1. The fourth-order valence-electron chi connectivity index (χ4n) is 11.1. The van der Waals surface area contributed by atoms with Gasteiger partial charge in [0.05, 0.1) is 18.0 Å². The van der Waals surface area contributed by atoms with Crippen LogP contribution in [0.25, 0.3) is 32.9 Å². The zero-order chi connectivity index (χ0) is 46.1. The number of carbonyl (C=O) groups is 3. The summed E-state index contributed by atoms with van der Waals surface area (Å²) in [6.07, 6.45) is 6.54. The van der Waals surface area contributed by atoms with Crippen LogP contribution in [0.1, 0.15) is 73.4 Å². The maximum absolute atomic E-state index is 16.9. The molecule has 2 aliphatic carbocycles. The van der Waals surface area contributed by atoms with Crippen LogP contribution in [0.5, 0.6) is 11.8 Å². The van der Waals surface area contributed by atoms with Crippen molar-refractivity contribution >= 4 is 50.9 Å². The summed E-state index contributed by atoms with van der Waals surface area (Å²) < 4.78 is 37.8. The number of carbonyl (C=O) groups excluding carboxylic acids is 3. The summed E-state index contributed by atoms with van der Waals surface area (Å²) in [6.45, 7) is 10.6. The van der Waals surface area contributed by atoms with Crippen LogP contribution in [0, 0.1) is 17.2 Å². The van der Waals surface area contributed by atoms with Crippen molar-refractivity contribution in [1.29, 1.82) is 0 Å². The molecule has 4 aliphatic heterocycles. The number of hydrogen-bond acceptors (Lipinski definition) is 12. The van der Waals surface area contributed by atoms with Crippen LogP contribution in [-0.2, 0) is 22.6 Å². The van der Waals surface area contributed by atoms with Gasteiger partial charge in [-0.15, -0.1) is 0 Å². The van der Waals surface area contributed by atoms with Crippen molar-refractivity contribution in [3.05, 3.63) is 77.2 Å². The number of ether oxygens (including phenoxy) is 1. The molecule has 6 aliphatic rings. The number of aromatic nitrogens is 3. The Kier molecular flexibility index (Phi) is 11.2. The van der Waals surface area contributed by atoms with Crippen molar-refractivity contribution in [2.45, 2.75) is 83.1 Å². The SMILES string of the molecule is CCc1cccc2cc(O)cc(-c3ncc4c(N(C)C5C[C@H]5F)nc(OCC5(CN6CCC(CN7CCN(c8ccc9c(c8)CN([C@H]8CCC(=O)NC8=O)C9=O)CC7)CC6)CC5)nc4c3F)c12. The summed E-state index contributed by atoms with van der Waals surface area (Å²) in [5.41, 5.74) is 4.23. The number of aryl methyl sites for hydroxylation is 1. The van der Waals surface area contributed by atoms with Gasteiger partial charge in [-0.1, -0.05) is 25.1 Å². The standard InChI is InChI=1S/C51H57F2N9O5/c1-3-31-5-4-6-32-22-35(63)23-37(43(31)32)45-44(53)46-38(25-54-45)47(58(2)41-24-39(41)52)57-50(56-46)67-29-51(13-14-51)28-60-15-11-30(12-16-60)26-59-17-19-61(20-18-59)34-7-8-36-33(21-34)27-62(49(36)66)40-9-10-42(64)55-48(40)65/h4-8,21-23,25,30,39-41,63H,3,9-20,24,26-29H2,1-2H3,(H,55,64,65)/t39-,40+,41?/m1/s1. The second kappa shape index (κ2) is 17.3. The molecule has 1 unspecified atom stereocenters. The lowest BCUT2D eigenvalue weighted by Gasteiger charge is -2.40. The number of phenols is 1. The van der Waals surface area contributed by atoms with Gasteiger partial charge in [-0.05, 0) is 110 Å². The van der Waals surface area contributed by atoms with Crippen LogP contribution in [0.4, 0.5) is 20.3 Å². The van der Waals surface area contributed by atoms with E-state index in [1.807, 2.05) is 37.3 Å². The molecule has 5 aromatic rings. The number of phenolic OH excluding ortho intramolecular Hbond substituents is 1. The second-order valence-corrected chi connectivity index (χ2v) is 19.8. The van der Waals surface area contributed by atoms with E-state index in [1.165, 1.54) is 0 Å². The molecule has 14 nitrogen and oxygen atoms in total. The first-order valence-corrected chi connectivity index (χ1v) is 24.0.